The number of nitrogens with zero attached hydrogens (tertiary/aromatic N) is 4. The molecule has 1 fully saturated rings. The van der Waals surface area contributed by atoms with Crippen LogP contribution in [0, 0.1) is 5.92 Å². The van der Waals surface area contributed by atoms with Gasteiger partial charge in [-0.2, -0.15) is 0 Å². The van der Waals surface area contributed by atoms with E-state index in [9.17, 15) is 9.90 Å². The third-order valence-corrected chi connectivity index (χ3v) is 6.06. The Bertz CT molecular complexity index is 826. The molecule has 0 spiro atoms. The number of aromatic nitrogens is 4. The Hall–Kier alpha value is -1.80. The van der Waals surface area contributed by atoms with Gasteiger partial charge in [0.05, 0.1) is 18.0 Å². The fourth-order valence-corrected chi connectivity index (χ4v) is 4.58. The maximum absolute atomic E-state index is 11.6. The molecule has 158 valence electrons. The Morgan fingerprint density at radius 1 is 1.31 bits per heavy atom. The molecule has 0 amide bonds. The number of carbonyl (C=O) groups is 1. The molecule has 7 nitrogen and oxygen atoms in total. The van der Waals surface area contributed by atoms with Gasteiger partial charge in [0.1, 0.15) is 0 Å². The van der Waals surface area contributed by atoms with E-state index in [-0.39, 0.29) is 24.0 Å². The minimum absolute atomic E-state index is 0.0895. The highest BCUT2D eigenvalue weighted by molar-refractivity contribution is 9.10. The zero-order chi connectivity index (χ0) is 21.0. The van der Waals surface area contributed by atoms with Crippen molar-refractivity contribution in [3.8, 4) is 0 Å². The van der Waals surface area contributed by atoms with Crippen LogP contribution < -0.4 is 5.32 Å². The molecule has 1 saturated carbocycles. The van der Waals surface area contributed by atoms with Gasteiger partial charge in [0.2, 0.25) is 0 Å². The first kappa shape index (κ1) is 21.9. The van der Waals surface area contributed by atoms with Crippen molar-refractivity contribution in [1.29, 1.82) is 0 Å². The van der Waals surface area contributed by atoms with E-state index in [0.29, 0.717) is 11.7 Å². The van der Waals surface area contributed by atoms with E-state index in [1.165, 1.54) is 6.42 Å². The highest BCUT2D eigenvalue weighted by Gasteiger charge is 2.33. The van der Waals surface area contributed by atoms with Crippen LogP contribution in [0.3, 0.4) is 0 Å². The molecule has 2 atom stereocenters. The van der Waals surface area contributed by atoms with Crippen molar-refractivity contribution in [2.75, 3.05) is 0 Å². The summed E-state index contributed by atoms with van der Waals surface area (Å²) in [6.07, 6.45) is 5.74. The standard InChI is InChI=1S/C21H30BrN5O2/c1-21(2,3)27-20(24-25-26-27)19(15-10-7-11-16(22)12-15)23-17(13-18(28)29)14-8-5-4-6-9-14/h7,10-12,14,17,19,23H,4-6,8-9,13H2,1-3H3,(H,28,29). The molecule has 8 heteroatoms. The van der Waals surface area contributed by atoms with Gasteiger partial charge in [-0.3, -0.25) is 10.1 Å². The molecule has 0 radical (unpaired) electrons. The van der Waals surface area contributed by atoms with Crippen LogP contribution >= 0.6 is 15.9 Å². The Labute approximate surface area is 180 Å². The van der Waals surface area contributed by atoms with Crippen LogP contribution in [-0.4, -0.2) is 37.3 Å². The van der Waals surface area contributed by atoms with Crippen LogP contribution in [0.4, 0.5) is 0 Å². The molecule has 0 aliphatic heterocycles. The molecule has 1 aromatic carbocycles. The molecule has 0 bridgehead atoms. The summed E-state index contributed by atoms with van der Waals surface area (Å²) in [4.78, 5) is 11.6. The van der Waals surface area contributed by atoms with E-state index in [2.05, 4.69) is 57.5 Å². The normalized spacial score (nSPS) is 17.8. The van der Waals surface area contributed by atoms with Crippen molar-refractivity contribution in [2.24, 2.45) is 5.92 Å². The third-order valence-electron chi connectivity index (χ3n) is 5.56. The maximum Gasteiger partial charge on any atom is 0.304 e. The van der Waals surface area contributed by atoms with Crippen LogP contribution in [0.15, 0.2) is 28.7 Å². The van der Waals surface area contributed by atoms with Crippen molar-refractivity contribution in [1.82, 2.24) is 25.5 Å². The van der Waals surface area contributed by atoms with Crippen molar-refractivity contribution in [3.05, 3.63) is 40.1 Å². The van der Waals surface area contributed by atoms with Crippen LogP contribution in [-0.2, 0) is 10.3 Å². The average molecular weight is 464 g/mol. The van der Waals surface area contributed by atoms with Gasteiger partial charge in [0.25, 0.3) is 0 Å². The summed E-state index contributed by atoms with van der Waals surface area (Å²) in [5, 5.41) is 25.7. The van der Waals surface area contributed by atoms with E-state index in [1.807, 2.05) is 28.9 Å². The number of carboxylic acid groups (broad SMARTS) is 1. The Morgan fingerprint density at radius 2 is 2.03 bits per heavy atom. The Morgan fingerprint density at radius 3 is 2.66 bits per heavy atom. The number of halogens is 1. The van der Waals surface area contributed by atoms with Gasteiger partial charge in [0.15, 0.2) is 5.82 Å². The summed E-state index contributed by atoms with van der Waals surface area (Å²) in [6, 6.07) is 7.59. The minimum atomic E-state index is -0.781. The molecule has 2 N–H and O–H groups in total. The molecule has 2 unspecified atom stereocenters. The zero-order valence-corrected chi connectivity index (χ0v) is 18.9. The largest absolute Gasteiger partial charge is 0.481 e. The van der Waals surface area contributed by atoms with Crippen LogP contribution in [0.5, 0.6) is 0 Å². The van der Waals surface area contributed by atoms with Gasteiger partial charge < -0.3 is 5.11 Å². The molecule has 29 heavy (non-hydrogen) atoms. The molecule has 1 aliphatic carbocycles. The Kier molecular flexibility index (Phi) is 7.05. The van der Waals surface area contributed by atoms with Gasteiger partial charge in [-0.25, -0.2) is 4.68 Å². The number of aliphatic carboxylic acids is 1. The Balaban J connectivity index is 2.00. The lowest BCUT2D eigenvalue weighted by Gasteiger charge is -2.34. The molecule has 1 aliphatic rings. The molecule has 1 aromatic heterocycles. The lowest BCUT2D eigenvalue weighted by molar-refractivity contribution is -0.138. The second-order valence-electron chi connectivity index (χ2n) is 8.88. The quantitative estimate of drug-likeness (QED) is 0.635. The van der Waals surface area contributed by atoms with E-state index < -0.39 is 5.97 Å². The average Bonchev–Trinajstić information content (AvgIpc) is 3.15. The summed E-state index contributed by atoms with van der Waals surface area (Å²) < 4.78 is 2.79. The molecule has 2 aromatic rings. The fraction of sp³-hybridized carbons (Fsp3) is 0.619. The van der Waals surface area contributed by atoms with Gasteiger partial charge in [-0.15, -0.1) is 5.10 Å². The fourth-order valence-electron chi connectivity index (χ4n) is 4.16. The van der Waals surface area contributed by atoms with Gasteiger partial charge >= 0.3 is 5.97 Å². The minimum Gasteiger partial charge on any atom is -0.481 e. The SMILES string of the molecule is CC(C)(C)n1nnnc1C(NC(CC(=O)O)C1CCCCC1)c1cccc(Br)c1. The van der Waals surface area contributed by atoms with Gasteiger partial charge in [-0.1, -0.05) is 47.3 Å². The predicted molar refractivity (Wildman–Crippen MR) is 115 cm³/mol. The monoisotopic (exact) mass is 463 g/mol. The number of benzene rings is 1. The summed E-state index contributed by atoms with van der Waals surface area (Å²) in [5.41, 5.74) is 0.712. The first-order valence-electron chi connectivity index (χ1n) is 10.3. The van der Waals surface area contributed by atoms with Crippen LogP contribution in [0.1, 0.15) is 76.7 Å². The number of carboxylic acids is 1. The van der Waals surface area contributed by atoms with Crippen LogP contribution in [0.2, 0.25) is 0 Å². The predicted octanol–water partition coefficient (Wildman–Crippen LogP) is 4.29. The number of rotatable bonds is 7. The van der Waals surface area contributed by atoms with Gasteiger partial charge in [0, 0.05) is 10.5 Å². The second-order valence-corrected chi connectivity index (χ2v) is 9.79. The molecule has 0 saturated heterocycles. The summed E-state index contributed by atoms with van der Waals surface area (Å²) in [6.45, 7) is 6.17. The second kappa shape index (κ2) is 9.34. The van der Waals surface area contributed by atoms with Crippen molar-refractivity contribution >= 4 is 21.9 Å². The van der Waals surface area contributed by atoms with Crippen molar-refractivity contribution in [3.63, 3.8) is 0 Å². The topological polar surface area (TPSA) is 92.9 Å². The summed E-state index contributed by atoms with van der Waals surface area (Å²) in [5.74, 6) is 0.256. The summed E-state index contributed by atoms with van der Waals surface area (Å²) in [7, 11) is 0. The molecule has 1 heterocycles. The zero-order valence-electron chi connectivity index (χ0n) is 17.3. The van der Waals surface area contributed by atoms with E-state index in [1.54, 1.807) is 0 Å². The summed E-state index contributed by atoms with van der Waals surface area (Å²) >= 11 is 3.55. The lowest BCUT2D eigenvalue weighted by atomic mass is 9.82. The molecule has 3 rings (SSSR count). The maximum atomic E-state index is 11.6. The third kappa shape index (κ3) is 5.63. The van der Waals surface area contributed by atoms with E-state index >= 15 is 0 Å². The van der Waals surface area contributed by atoms with Crippen molar-refractivity contribution in [2.45, 2.75) is 76.9 Å². The van der Waals surface area contributed by atoms with Gasteiger partial charge in [-0.05, 0) is 67.7 Å². The number of tetrazole rings is 1. The number of hydrogen-bond acceptors (Lipinski definition) is 5. The first-order chi connectivity index (χ1) is 13.8. The van der Waals surface area contributed by atoms with Crippen molar-refractivity contribution < 1.29 is 9.90 Å². The van der Waals surface area contributed by atoms with E-state index in [4.69, 9.17) is 0 Å². The van der Waals surface area contributed by atoms with Crippen LogP contribution in [0.25, 0.3) is 0 Å². The first-order valence-corrected chi connectivity index (χ1v) is 11.1. The highest BCUT2D eigenvalue weighted by Crippen LogP contribution is 2.32. The highest BCUT2D eigenvalue weighted by atomic mass is 79.9. The number of hydrogen-bond donors (Lipinski definition) is 2. The number of nitrogens with one attached hydrogen (secondary N) is 1. The van der Waals surface area contributed by atoms with E-state index in [0.717, 1.165) is 35.7 Å². The smallest absolute Gasteiger partial charge is 0.304 e. The lowest BCUT2D eigenvalue weighted by Crippen LogP contribution is -2.43. The molecular formula is C21H30BrN5O2. The molecular weight excluding hydrogens is 434 g/mol.